The molecule has 1 unspecified atom stereocenters. The van der Waals surface area contributed by atoms with Crippen LogP contribution in [0.5, 0.6) is 0 Å². The third-order valence-electron chi connectivity index (χ3n) is 5.97. The molecule has 0 fully saturated rings. The van der Waals surface area contributed by atoms with Gasteiger partial charge in [-0.1, -0.05) is 67.3 Å². The van der Waals surface area contributed by atoms with Crippen LogP contribution < -0.4 is 17.1 Å². The highest BCUT2D eigenvalue weighted by molar-refractivity contribution is 6.16. The van der Waals surface area contributed by atoms with Crippen LogP contribution in [-0.2, 0) is 24.4 Å². The fraction of sp³-hybridized carbons (Fsp3) is 0.214. The van der Waals surface area contributed by atoms with Crippen LogP contribution in [0.3, 0.4) is 0 Å². The standard InChI is InChI=1S/C28H23N3O5/c1-4-15-29-26(33)30(16-5-2)28(35)31(27(29)34)18-21(6-3)36-25(32)24-22-13-9-7-11-19(22)17-20-12-8-10-14-23(20)24/h1-2,7-14,17,21H,6,15-16,18H2,3H3. The zero-order valence-electron chi connectivity index (χ0n) is 19.6. The van der Waals surface area contributed by atoms with Crippen LogP contribution in [-0.4, -0.2) is 25.8 Å². The lowest BCUT2D eigenvalue weighted by Crippen LogP contribution is -2.55. The lowest BCUT2D eigenvalue weighted by atomic mass is 9.97. The molecule has 8 nitrogen and oxygen atoms in total. The summed E-state index contributed by atoms with van der Waals surface area (Å²) in [5.41, 5.74) is -2.26. The predicted molar refractivity (Wildman–Crippen MR) is 138 cm³/mol. The zero-order chi connectivity index (χ0) is 25.8. The molecule has 1 heterocycles. The van der Waals surface area contributed by atoms with Crippen molar-refractivity contribution in [2.24, 2.45) is 0 Å². The molecule has 0 aliphatic heterocycles. The molecule has 0 aliphatic rings. The average molecular weight is 482 g/mol. The number of benzene rings is 3. The molecule has 4 aromatic rings. The Bertz CT molecular complexity index is 1640. The molecule has 0 spiro atoms. The van der Waals surface area contributed by atoms with Gasteiger partial charge in [0, 0.05) is 0 Å². The Kier molecular flexibility index (Phi) is 6.89. The molecule has 0 radical (unpaired) electrons. The van der Waals surface area contributed by atoms with E-state index < -0.39 is 29.1 Å². The van der Waals surface area contributed by atoms with Crippen molar-refractivity contribution >= 4 is 27.5 Å². The summed E-state index contributed by atoms with van der Waals surface area (Å²) in [6.45, 7) is 0.835. The van der Waals surface area contributed by atoms with Crippen LogP contribution in [0.25, 0.3) is 21.5 Å². The molecule has 0 aliphatic carbocycles. The molecule has 1 atom stereocenters. The highest BCUT2D eigenvalue weighted by Gasteiger charge is 2.23. The van der Waals surface area contributed by atoms with E-state index >= 15 is 0 Å². The molecular formula is C28H23N3O5. The Hall–Kier alpha value is -4.82. The summed E-state index contributed by atoms with van der Waals surface area (Å²) in [6, 6.07) is 17.0. The van der Waals surface area contributed by atoms with E-state index in [1.54, 1.807) is 6.92 Å². The summed E-state index contributed by atoms with van der Waals surface area (Å²) in [7, 11) is 0. The van der Waals surface area contributed by atoms with Crippen LogP contribution in [0.1, 0.15) is 23.7 Å². The number of hydrogen-bond acceptors (Lipinski definition) is 5. The molecule has 8 heteroatoms. The summed E-state index contributed by atoms with van der Waals surface area (Å²) in [6.07, 6.45) is 10.1. The van der Waals surface area contributed by atoms with Gasteiger partial charge in [0.25, 0.3) is 0 Å². The molecule has 0 saturated carbocycles. The van der Waals surface area contributed by atoms with E-state index in [-0.39, 0.29) is 19.6 Å². The molecule has 180 valence electrons. The van der Waals surface area contributed by atoms with Crippen molar-refractivity contribution in [1.82, 2.24) is 13.7 Å². The number of esters is 1. The van der Waals surface area contributed by atoms with Gasteiger partial charge in [-0.3, -0.25) is 0 Å². The number of ether oxygens (including phenoxy) is 1. The topological polar surface area (TPSA) is 92.3 Å². The van der Waals surface area contributed by atoms with E-state index in [0.29, 0.717) is 12.0 Å². The maximum Gasteiger partial charge on any atom is 0.339 e. The average Bonchev–Trinajstić information content (AvgIpc) is 2.89. The first-order valence-corrected chi connectivity index (χ1v) is 11.3. The highest BCUT2D eigenvalue weighted by atomic mass is 16.5. The van der Waals surface area contributed by atoms with E-state index in [4.69, 9.17) is 17.6 Å². The number of carbonyl (C=O) groups is 1. The van der Waals surface area contributed by atoms with Crippen molar-refractivity contribution < 1.29 is 9.53 Å². The quantitative estimate of drug-likeness (QED) is 0.230. The Morgan fingerprint density at radius 3 is 1.78 bits per heavy atom. The number of carbonyl (C=O) groups excluding carboxylic acids is 1. The monoisotopic (exact) mass is 481 g/mol. The number of hydrogen-bond donors (Lipinski definition) is 0. The fourth-order valence-corrected chi connectivity index (χ4v) is 4.19. The Morgan fingerprint density at radius 2 is 1.31 bits per heavy atom. The van der Waals surface area contributed by atoms with Gasteiger partial charge in [0.15, 0.2) is 0 Å². The first-order chi connectivity index (χ1) is 17.4. The van der Waals surface area contributed by atoms with Gasteiger partial charge in [0.2, 0.25) is 0 Å². The smallest absolute Gasteiger partial charge is 0.339 e. The van der Waals surface area contributed by atoms with Gasteiger partial charge < -0.3 is 4.74 Å². The van der Waals surface area contributed by atoms with Crippen molar-refractivity contribution in [2.45, 2.75) is 39.1 Å². The second kappa shape index (κ2) is 10.2. The Balaban J connectivity index is 1.77. The Labute approximate surface area is 206 Å². The number of fused-ring (bicyclic) bond motifs is 2. The maximum absolute atomic E-state index is 13.5. The van der Waals surface area contributed by atoms with Crippen LogP contribution in [0.4, 0.5) is 0 Å². The number of nitrogens with zero attached hydrogens (tertiary/aromatic N) is 3. The molecule has 0 N–H and O–H groups in total. The van der Waals surface area contributed by atoms with Gasteiger partial charge in [-0.05, 0) is 34.0 Å². The van der Waals surface area contributed by atoms with Crippen LogP contribution in [0.2, 0.25) is 0 Å². The minimum Gasteiger partial charge on any atom is -0.457 e. The zero-order valence-corrected chi connectivity index (χ0v) is 19.6. The molecule has 4 rings (SSSR count). The lowest BCUT2D eigenvalue weighted by Gasteiger charge is -2.19. The molecule has 3 aromatic carbocycles. The number of terminal acetylenes is 2. The largest absolute Gasteiger partial charge is 0.457 e. The van der Waals surface area contributed by atoms with Crippen LogP contribution >= 0.6 is 0 Å². The normalized spacial score (nSPS) is 11.6. The van der Waals surface area contributed by atoms with E-state index in [0.717, 1.165) is 35.2 Å². The van der Waals surface area contributed by atoms with Crippen molar-refractivity contribution in [3.63, 3.8) is 0 Å². The van der Waals surface area contributed by atoms with E-state index in [2.05, 4.69) is 11.8 Å². The van der Waals surface area contributed by atoms with Crippen molar-refractivity contribution in [1.29, 1.82) is 0 Å². The van der Waals surface area contributed by atoms with Gasteiger partial charge >= 0.3 is 23.0 Å². The maximum atomic E-state index is 13.5. The lowest BCUT2D eigenvalue weighted by molar-refractivity contribution is 0.0247. The summed E-state index contributed by atoms with van der Waals surface area (Å²) in [5.74, 6) is 3.89. The third-order valence-corrected chi connectivity index (χ3v) is 5.97. The summed E-state index contributed by atoms with van der Waals surface area (Å²) in [4.78, 5) is 51.9. The van der Waals surface area contributed by atoms with Gasteiger partial charge in [0.05, 0.1) is 25.2 Å². The van der Waals surface area contributed by atoms with E-state index in [9.17, 15) is 19.2 Å². The molecular weight excluding hydrogens is 458 g/mol. The summed E-state index contributed by atoms with van der Waals surface area (Å²) >= 11 is 0. The molecule has 0 bridgehead atoms. The van der Waals surface area contributed by atoms with Crippen LogP contribution in [0.15, 0.2) is 69.0 Å². The van der Waals surface area contributed by atoms with Crippen molar-refractivity contribution in [3.05, 3.63) is 91.6 Å². The molecule has 0 amide bonds. The van der Waals surface area contributed by atoms with Crippen LogP contribution in [0, 0.1) is 24.7 Å². The second-order valence-electron chi connectivity index (χ2n) is 8.17. The molecule has 36 heavy (non-hydrogen) atoms. The third kappa shape index (κ3) is 4.33. The highest BCUT2D eigenvalue weighted by Crippen LogP contribution is 2.29. The van der Waals surface area contributed by atoms with Gasteiger partial charge in [0.1, 0.15) is 6.10 Å². The summed E-state index contributed by atoms with van der Waals surface area (Å²) in [5, 5.41) is 3.22. The van der Waals surface area contributed by atoms with Crippen molar-refractivity contribution in [2.75, 3.05) is 0 Å². The Morgan fingerprint density at radius 1 is 0.833 bits per heavy atom. The van der Waals surface area contributed by atoms with Gasteiger partial charge in [-0.2, -0.15) is 0 Å². The van der Waals surface area contributed by atoms with E-state index in [1.807, 2.05) is 54.6 Å². The number of aromatic nitrogens is 3. The fourth-order valence-electron chi connectivity index (χ4n) is 4.19. The van der Waals surface area contributed by atoms with E-state index in [1.165, 1.54) is 0 Å². The number of rotatable bonds is 7. The molecule has 1 aromatic heterocycles. The SMILES string of the molecule is C#CCn1c(=O)n(CC#C)c(=O)n(CC(CC)OC(=O)c2c3ccccc3cc3ccccc23)c1=O. The minimum atomic E-state index is -0.888. The first kappa shape index (κ1) is 24.3. The van der Waals surface area contributed by atoms with Gasteiger partial charge in [-0.25, -0.2) is 32.9 Å². The minimum absolute atomic E-state index is 0.266. The van der Waals surface area contributed by atoms with Gasteiger partial charge in [-0.15, -0.1) is 12.8 Å². The summed E-state index contributed by atoms with van der Waals surface area (Å²) < 4.78 is 8.17. The van der Waals surface area contributed by atoms with Crippen molar-refractivity contribution in [3.8, 4) is 24.7 Å². The predicted octanol–water partition coefficient (Wildman–Crippen LogP) is 2.38. The first-order valence-electron chi connectivity index (χ1n) is 11.3. The molecule has 0 saturated heterocycles. The second-order valence-corrected chi connectivity index (χ2v) is 8.17.